The van der Waals surface area contributed by atoms with Crippen LogP contribution in [0.25, 0.3) is 11.3 Å². The van der Waals surface area contributed by atoms with Gasteiger partial charge in [-0.25, -0.2) is 0 Å². The number of piperidine rings is 1. The van der Waals surface area contributed by atoms with E-state index in [0.29, 0.717) is 5.56 Å². The van der Waals surface area contributed by atoms with Crippen molar-refractivity contribution in [2.75, 3.05) is 31.1 Å². The molecule has 3 heterocycles. The zero-order valence-corrected chi connectivity index (χ0v) is 19.1. The molecule has 0 aromatic heterocycles. The van der Waals surface area contributed by atoms with E-state index in [1.165, 1.54) is 44.5 Å². The molecule has 0 atom stereocenters. The van der Waals surface area contributed by atoms with Crippen LogP contribution in [0.2, 0.25) is 0 Å². The summed E-state index contributed by atoms with van der Waals surface area (Å²) in [5.74, 6) is 0. The van der Waals surface area contributed by atoms with E-state index in [2.05, 4.69) is 39.9 Å². The van der Waals surface area contributed by atoms with Gasteiger partial charge in [-0.3, -0.25) is 9.79 Å². The molecule has 3 aliphatic heterocycles. The lowest BCUT2D eigenvalue weighted by Gasteiger charge is -2.38. The Morgan fingerprint density at radius 3 is 2.53 bits per heavy atom. The number of nitrogens with zero attached hydrogens (tertiary/aromatic N) is 3. The minimum absolute atomic E-state index is 0.0785. The third-order valence-electron chi connectivity index (χ3n) is 7.11. The number of aromatic nitrogens is 1. The van der Waals surface area contributed by atoms with Crippen molar-refractivity contribution in [1.82, 2.24) is 9.88 Å². The van der Waals surface area contributed by atoms with Crippen LogP contribution >= 0.6 is 0 Å². The minimum Gasteiger partial charge on any atom is -0.371 e. The number of rotatable bonds is 4. The highest BCUT2D eigenvalue weighted by molar-refractivity contribution is 6.05. The number of fused-ring (bicyclic) bond motifs is 1. The van der Waals surface area contributed by atoms with Crippen LogP contribution in [0.3, 0.4) is 0 Å². The summed E-state index contributed by atoms with van der Waals surface area (Å²) in [5, 5.41) is 0. The smallest absolute Gasteiger partial charge is 0.258 e. The van der Waals surface area contributed by atoms with Gasteiger partial charge < -0.3 is 14.8 Å². The molecule has 0 saturated carbocycles. The lowest BCUT2D eigenvalue weighted by molar-refractivity contribution is 0.208. The van der Waals surface area contributed by atoms with Gasteiger partial charge in [-0.1, -0.05) is 30.3 Å². The second-order valence-electron chi connectivity index (χ2n) is 9.20. The molecule has 0 unspecified atom stereocenters. The van der Waals surface area contributed by atoms with E-state index in [9.17, 15) is 4.79 Å². The maximum atomic E-state index is 12.7. The number of benzene rings is 1. The van der Waals surface area contributed by atoms with Crippen molar-refractivity contribution < 1.29 is 0 Å². The molecule has 1 N–H and O–H groups in total. The summed E-state index contributed by atoms with van der Waals surface area (Å²) in [7, 11) is 0. The van der Waals surface area contributed by atoms with Gasteiger partial charge in [-0.15, -0.1) is 0 Å². The highest BCUT2D eigenvalue weighted by atomic mass is 16.1. The molecule has 1 aromatic carbocycles. The largest absolute Gasteiger partial charge is 0.371 e. The first-order valence-electron chi connectivity index (χ1n) is 11.9. The fourth-order valence-electron chi connectivity index (χ4n) is 5.29. The number of hydrogen-bond acceptors (Lipinski definition) is 4. The van der Waals surface area contributed by atoms with Gasteiger partial charge in [0.25, 0.3) is 5.56 Å². The monoisotopic (exact) mass is 428 g/mol. The Balaban J connectivity index is 1.39. The summed E-state index contributed by atoms with van der Waals surface area (Å²) in [4.78, 5) is 25.7. The predicted octanol–water partition coefficient (Wildman–Crippen LogP) is 4.99. The lowest BCUT2D eigenvalue weighted by Crippen LogP contribution is -2.43. The molecule has 1 aliphatic carbocycles. The van der Waals surface area contributed by atoms with E-state index < -0.39 is 0 Å². The number of likely N-dealkylation sites (tertiary alicyclic amines) is 1. The molecule has 5 nitrogen and oxygen atoms in total. The molecule has 1 aromatic rings. The molecule has 4 aliphatic rings. The number of aryl methyl sites for hydroxylation is 1. The van der Waals surface area contributed by atoms with Gasteiger partial charge in [0.15, 0.2) is 0 Å². The van der Waals surface area contributed by atoms with Crippen LogP contribution in [0.15, 0.2) is 58.3 Å². The molecule has 2 saturated heterocycles. The zero-order valence-electron chi connectivity index (χ0n) is 19.1. The first kappa shape index (κ1) is 21.0. The predicted molar refractivity (Wildman–Crippen MR) is 133 cm³/mol. The molecule has 32 heavy (non-hydrogen) atoms. The Labute approximate surface area is 190 Å². The van der Waals surface area contributed by atoms with Crippen LogP contribution in [0.4, 0.5) is 11.4 Å². The highest BCUT2D eigenvalue weighted by Gasteiger charge is 2.26. The molecule has 0 amide bonds. The topological polar surface area (TPSA) is 51.7 Å². The number of H-pyrrole nitrogens is 1. The third kappa shape index (κ3) is 4.09. The Morgan fingerprint density at radius 2 is 1.75 bits per heavy atom. The molecular formula is C27H32N4O. The van der Waals surface area contributed by atoms with Gasteiger partial charge in [-0.05, 0) is 76.4 Å². The van der Waals surface area contributed by atoms with E-state index in [4.69, 9.17) is 4.99 Å². The van der Waals surface area contributed by atoms with Crippen molar-refractivity contribution in [3.8, 4) is 11.3 Å². The summed E-state index contributed by atoms with van der Waals surface area (Å²) in [6.45, 7) is 8.77. The molecule has 0 bridgehead atoms. The molecule has 166 valence electrons. The van der Waals surface area contributed by atoms with E-state index in [1.807, 2.05) is 37.3 Å². The van der Waals surface area contributed by atoms with Crippen molar-refractivity contribution in [3.63, 3.8) is 0 Å². The maximum absolute atomic E-state index is 12.7. The van der Waals surface area contributed by atoms with Crippen LogP contribution in [-0.4, -0.2) is 47.8 Å². The second kappa shape index (κ2) is 8.91. The van der Waals surface area contributed by atoms with E-state index in [0.717, 1.165) is 47.4 Å². The van der Waals surface area contributed by atoms with E-state index >= 15 is 0 Å². The number of nitrogens with one attached hydrogen (secondary N) is 1. The third-order valence-corrected chi connectivity index (χ3v) is 7.11. The second-order valence-corrected chi connectivity index (χ2v) is 9.20. The number of aromatic amines is 1. The SMILES string of the molecule is CC(=Nc1cc(N2CCC(N3CCCC3)CC2)ccc1C)c1c2cccccc-2[nH]c1=O. The molecule has 0 radical (unpaired) electrons. The van der Waals surface area contributed by atoms with E-state index in [-0.39, 0.29) is 5.56 Å². The average molecular weight is 429 g/mol. The van der Waals surface area contributed by atoms with Crippen molar-refractivity contribution in [3.05, 3.63) is 70.0 Å². The van der Waals surface area contributed by atoms with Gasteiger partial charge in [0.05, 0.1) is 17.0 Å². The van der Waals surface area contributed by atoms with Crippen LogP contribution in [-0.2, 0) is 0 Å². The van der Waals surface area contributed by atoms with Crippen molar-refractivity contribution >= 4 is 17.1 Å². The average Bonchev–Trinajstić information content (AvgIpc) is 3.38. The first-order chi connectivity index (χ1) is 15.6. The number of aliphatic imine (C=N–C) groups is 1. The van der Waals surface area contributed by atoms with Crippen molar-refractivity contribution in [2.24, 2.45) is 4.99 Å². The highest BCUT2D eigenvalue weighted by Crippen LogP contribution is 2.30. The molecule has 5 rings (SSSR count). The van der Waals surface area contributed by atoms with Gasteiger partial charge in [-0.2, -0.15) is 0 Å². The van der Waals surface area contributed by atoms with Gasteiger partial charge >= 0.3 is 0 Å². The Morgan fingerprint density at radius 1 is 1.00 bits per heavy atom. The summed E-state index contributed by atoms with van der Waals surface area (Å²) in [6.07, 6.45) is 5.19. The van der Waals surface area contributed by atoms with Crippen LogP contribution in [0.1, 0.15) is 43.7 Å². The first-order valence-corrected chi connectivity index (χ1v) is 11.9. The molecular weight excluding hydrogens is 396 g/mol. The summed E-state index contributed by atoms with van der Waals surface area (Å²) >= 11 is 0. The zero-order chi connectivity index (χ0) is 22.1. The molecule has 0 spiro atoms. The maximum Gasteiger partial charge on any atom is 0.258 e. The number of hydrogen-bond donors (Lipinski definition) is 1. The molecule has 5 heteroatoms. The van der Waals surface area contributed by atoms with E-state index in [1.54, 1.807) is 0 Å². The van der Waals surface area contributed by atoms with Crippen LogP contribution in [0.5, 0.6) is 0 Å². The standard InChI is InChI=1S/C27H32N4O/c1-19-10-11-22(31-16-12-21(13-17-31)30-14-6-7-15-30)18-25(19)28-20(2)26-23-8-4-3-5-9-24(23)29-27(26)32/h3-5,8-11,18,21H,6-7,12-17H2,1-2H3,(H,29,32). The van der Waals surface area contributed by atoms with Gasteiger partial charge in [0.1, 0.15) is 0 Å². The minimum atomic E-state index is -0.0785. The molecule has 2 fully saturated rings. The lowest BCUT2D eigenvalue weighted by atomic mass is 10.0. The summed E-state index contributed by atoms with van der Waals surface area (Å²) in [6, 6.07) is 17.1. The Bertz CT molecular complexity index is 1150. The summed E-state index contributed by atoms with van der Waals surface area (Å²) in [5.41, 5.74) is 6.39. The van der Waals surface area contributed by atoms with Crippen molar-refractivity contribution in [1.29, 1.82) is 0 Å². The normalized spacial score (nSPS) is 18.6. The Kier molecular flexibility index (Phi) is 5.83. The summed E-state index contributed by atoms with van der Waals surface area (Å²) < 4.78 is 0. The van der Waals surface area contributed by atoms with Gasteiger partial charge in [0.2, 0.25) is 0 Å². The quantitative estimate of drug-likeness (QED) is 0.596. The fraction of sp³-hybridized carbons (Fsp3) is 0.407. The van der Waals surface area contributed by atoms with Crippen LogP contribution < -0.4 is 10.5 Å². The number of anilines is 1. The van der Waals surface area contributed by atoms with Crippen molar-refractivity contribution in [2.45, 2.75) is 45.6 Å². The fourth-order valence-corrected chi connectivity index (χ4v) is 5.29. The van der Waals surface area contributed by atoms with Gasteiger partial charge in [0, 0.05) is 36.1 Å². The van der Waals surface area contributed by atoms with Crippen LogP contribution in [0, 0.1) is 6.92 Å². The Hall–Kier alpha value is -2.92.